The predicted octanol–water partition coefficient (Wildman–Crippen LogP) is 3.31. The smallest absolute Gasteiger partial charge is 0.141 e. The summed E-state index contributed by atoms with van der Waals surface area (Å²) in [5.41, 5.74) is 17.2. The highest BCUT2D eigenvalue weighted by Crippen LogP contribution is 2.21. The van der Waals surface area contributed by atoms with E-state index in [1.54, 1.807) is 31.4 Å². The molecule has 0 aliphatic rings. The van der Waals surface area contributed by atoms with Crippen molar-refractivity contribution < 1.29 is 4.74 Å². The van der Waals surface area contributed by atoms with Gasteiger partial charge in [0, 0.05) is 9.82 Å². The summed E-state index contributed by atoms with van der Waals surface area (Å²) in [5, 5.41) is 6.72. The molecule has 0 aliphatic carbocycles. The summed E-state index contributed by atoms with van der Waals surface area (Å²) in [6, 6.07) is 6.74. The number of rotatable bonds is 4. The Morgan fingerprint density at radius 2 is 1.67 bits per heavy atom. The minimum absolute atomic E-state index is 0.617. The first kappa shape index (κ1) is 10.7. The van der Waals surface area contributed by atoms with Crippen molar-refractivity contribution in [2.24, 2.45) is 10.2 Å². The Kier molecular flexibility index (Phi) is 3.85. The first-order valence-electron chi connectivity index (χ1n) is 4.04. The predicted molar refractivity (Wildman–Crippen MR) is 54.0 cm³/mol. The van der Waals surface area contributed by atoms with E-state index in [-0.39, 0.29) is 0 Å². The highest BCUT2D eigenvalue weighted by atomic mass is 16.5. The molecule has 7 heteroatoms. The van der Waals surface area contributed by atoms with Crippen LogP contribution in [0, 0.1) is 0 Å². The van der Waals surface area contributed by atoms with Crippen molar-refractivity contribution in [2.75, 3.05) is 7.11 Å². The monoisotopic (exact) mass is 204 g/mol. The largest absolute Gasteiger partial charge is 0.497 e. The molecule has 0 heterocycles. The van der Waals surface area contributed by atoms with Gasteiger partial charge in [-0.15, -0.1) is 0 Å². The molecular weight excluding hydrogens is 196 g/mol. The number of ether oxygens (including phenoxy) is 1. The van der Waals surface area contributed by atoms with Gasteiger partial charge in [0.15, 0.2) is 0 Å². The normalized spacial score (nSPS) is 10.7. The number of azide groups is 1. The van der Waals surface area contributed by atoms with E-state index in [9.17, 15) is 0 Å². The molecule has 15 heavy (non-hydrogen) atoms. The lowest BCUT2D eigenvalue weighted by Crippen LogP contribution is -1.90. The van der Waals surface area contributed by atoms with Gasteiger partial charge in [0.25, 0.3) is 0 Å². The summed E-state index contributed by atoms with van der Waals surface area (Å²) >= 11 is 0. The Morgan fingerprint density at radius 1 is 1.13 bits per heavy atom. The van der Waals surface area contributed by atoms with E-state index in [4.69, 9.17) is 15.8 Å². The third-order valence-electron chi connectivity index (χ3n) is 1.74. The Morgan fingerprint density at radius 3 is 2.07 bits per heavy atom. The first-order valence-corrected chi connectivity index (χ1v) is 4.04. The summed E-state index contributed by atoms with van der Waals surface area (Å²) in [4.78, 5) is 5.20. The highest BCUT2D eigenvalue weighted by Gasteiger charge is 2.06. The van der Waals surface area contributed by atoms with Crippen molar-refractivity contribution in [3.8, 4) is 5.75 Å². The molecule has 1 rings (SSSR count). The van der Waals surface area contributed by atoms with Gasteiger partial charge in [-0.1, -0.05) is 22.4 Å². The van der Waals surface area contributed by atoms with Crippen molar-refractivity contribution in [3.63, 3.8) is 0 Å². The number of nitrogens with zero attached hydrogens (tertiary/aromatic N) is 6. The van der Waals surface area contributed by atoms with Crippen molar-refractivity contribution >= 4 is 0 Å². The molecule has 0 saturated carbocycles. The molecule has 0 atom stereocenters. The second kappa shape index (κ2) is 5.39. The van der Waals surface area contributed by atoms with Crippen LogP contribution in [-0.2, 0) is 0 Å². The summed E-state index contributed by atoms with van der Waals surface area (Å²) in [6.45, 7) is 0. The fraction of sp³-hybridized carbons (Fsp3) is 0.250. The van der Waals surface area contributed by atoms with Crippen LogP contribution >= 0.6 is 0 Å². The zero-order valence-corrected chi connectivity index (χ0v) is 7.98. The van der Waals surface area contributed by atoms with Crippen LogP contribution < -0.4 is 4.74 Å². The third kappa shape index (κ3) is 2.80. The topological polar surface area (TPSA) is 107 Å². The molecule has 76 valence electrons. The summed E-state index contributed by atoms with van der Waals surface area (Å²) in [7, 11) is 1.55. The van der Waals surface area contributed by atoms with Gasteiger partial charge in [-0.25, -0.2) is 0 Å². The summed E-state index contributed by atoms with van der Waals surface area (Å²) in [5.74, 6) is 0.680. The van der Waals surface area contributed by atoms with E-state index in [2.05, 4.69) is 20.1 Å². The minimum atomic E-state index is -0.856. The van der Waals surface area contributed by atoms with Gasteiger partial charge in [-0.3, -0.25) is 0 Å². The molecule has 0 unspecified atom stereocenters. The molecule has 0 fully saturated rings. The lowest BCUT2D eigenvalue weighted by molar-refractivity contribution is 0.414. The van der Waals surface area contributed by atoms with Crippen LogP contribution in [0.1, 0.15) is 11.7 Å². The standard InChI is InChI=1S/C8H8N6O/c1-15-7-4-2-6(3-5-7)8(11-13-9)12-14-10/h2-5,8H,1H3. The first-order chi connectivity index (χ1) is 7.31. The van der Waals surface area contributed by atoms with Crippen LogP contribution in [0.15, 0.2) is 34.5 Å². The Hall–Kier alpha value is -2.36. The molecule has 0 aliphatic heterocycles. The van der Waals surface area contributed by atoms with Gasteiger partial charge < -0.3 is 4.74 Å². The second-order valence-corrected chi connectivity index (χ2v) is 2.56. The molecule has 1 aromatic carbocycles. The summed E-state index contributed by atoms with van der Waals surface area (Å²) < 4.78 is 4.96. The molecule has 0 spiro atoms. The zero-order chi connectivity index (χ0) is 11.1. The van der Waals surface area contributed by atoms with Gasteiger partial charge in [-0.05, 0) is 28.8 Å². The fourth-order valence-corrected chi connectivity index (χ4v) is 1.03. The maximum atomic E-state index is 8.28. The maximum Gasteiger partial charge on any atom is 0.141 e. The Bertz CT molecular complexity index is 397. The second-order valence-electron chi connectivity index (χ2n) is 2.56. The number of hydrogen-bond donors (Lipinski definition) is 0. The van der Waals surface area contributed by atoms with E-state index in [0.29, 0.717) is 11.3 Å². The number of benzene rings is 1. The van der Waals surface area contributed by atoms with Gasteiger partial charge in [-0.2, -0.15) is 0 Å². The highest BCUT2D eigenvalue weighted by molar-refractivity contribution is 5.28. The van der Waals surface area contributed by atoms with E-state index in [0.717, 1.165) is 0 Å². The number of hydrogen-bond acceptors (Lipinski definition) is 3. The van der Waals surface area contributed by atoms with E-state index in [1.165, 1.54) is 0 Å². The zero-order valence-electron chi connectivity index (χ0n) is 7.98. The van der Waals surface area contributed by atoms with Gasteiger partial charge in [0.05, 0.1) is 7.11 Å². The van der Waals surface area contributed by atoms with Crippen LogP contribution in [0.3, 0.4) is 0 Å². The number of methoxy groups -OCH3 is 1. The van der Waals surface area contributed by atoms with E-state index < -0.39 is 6.17 Å². The molecule has 0 aromatic heterocycles. The van der Waals surface area contributed by atoms with Crippen LogP contribution in [-0.4, -0.2) is 7.11 Å². The lowest BCUT2D eigenvalue weighted by atomic mass is 10.2. The van der Waals surface area contributed by atoms with E-state index in [1.807, 2.05) is 0 Å². The fourth-order valence-electron chi connectivity index (χ4n) is 1.03. The molecule has 1 aromatic rings. The van der Waals surface area contributed by atoms with Crippen molar-refractivity contribution in [1.82, 2.24) is 0 Å². The van der Waals surface area contributed by atoms with E-state index >= 15 is 0 Å². The summed E-state index contributed by atoms with van der Waals surface area (Å²) in [6.07, 6.45) is -0.856. The average molecular weight is 204 g/mol. The van der Waals surface area contributed by atoms with Crippen molar-refractivity contribution in [3.05, 3.63) is 50.7 Å². The Labute approximate surface area is 85.5 Å². The van der Waals surface area contributed by atoms with Crippen LogP contribution in [0.25, 0.3) is 20.9 Å². The molecular formula is C8H8N6O. The lowest BCUT2D eigenvalue weighted by Gasteiger charge is -2.05. The molecule has 0 radical (unpaired) electrons. The third-order valence-corrected chi connectivity index (χ3v) is 1.74. The SMILES string of the molecule is COc1ccc(C(N=[N+]=[N-])N=[N+]=[N-])cc1. The molecule has 0 N–H and O–H groups in total. The van der Waals surface area contributed by atoms with Gasteiger partial charge >= 0.3 is 0 Å². The quantitative estimate of drug-likeness (QED) is 0.418. The average Bonchev–Trinajstić information content (AvgIpc) is 2.29. The van der Waals surface area contributed by atoms with Crippen molar-refractivity contribution in [2.45, 2.75) is 6.17 Å². The van der Waals surface area contributed by atoms with Crippen LogP contribution in [0.2, 0.25) is 0 Å². The van der Waals surface area contributed by atoms with Crippen LogP contribution in [0.5, 0.6) is 5.75 Å². The van der Waals surface area contributed by atoms with Gasteiger partial charge in [0.1, 0.15) is 11.9 Å². The molecule has 0 amide bonds. The van der Waals surface area contributed by atoms with Crippen LogP contribution in [0.4, 0.5) is 0 Å². The van der Waals surface area contributed by atoms with Gasteiger partial charge in [0.2, 0.25) is 0 Å². The molecule has 0 bridgehead atoms. The molecule has 0 saturated heterocycles. The minimum Gasteiger partial charge on any atom is -0.497 e. The Balaban J connectivity index is 3.00. The molecule has 7 nitrogen and oxygen atoms in total. The maximum absolute atomic E-state index is 8.28. The van der Waals surface area contributed by atoms with Crippen molar-refractivity contribution in [1.29, 1.82) is 0 Å².